The van der Waals surface area contributed by atoms with E-state index >= 15 is 0 Å². The highest BCUT2D eigenvalue weighted by Crippen LogP contribution is 2.21. The molecule has 0 bridgehead atoms. The van der Waals surface area contributed by atoms with Gasteiger partial charge in [-0.25, -0.2) is 4.98 Å². The number of hydrogen-bond acceptors (Lipinski definition) is 5. The van der Waals surface area contributed by atoms with Gasteiger partial charge in [0.05, 0.1) is 5.69 Å². The minimum absolute atomic E-state index is 0.0486. The molecule has 6 nitrogen and oxygen atoms in total. The van der Waals surface area contributed by atoms with Gasteiger partial charge in [-0.05, 0) is 37.6 Å². The molecule has 24 heavy (non-hydrogen) atoms. The normalized spacial score (nSPS) is 12.0. The summed E-state index contributed by atoms with van der Waals surface area (Å²) in [7, 11) is 0. The Kier molecular flexibility index (Phi) is 6.23. The fraction of sp³-hybridized carbons (Fsp3) is 0.412. The molecule has 0 aliphatic rings. The summed E-state index contributed by atoms with van der Waals surface area (Å²) >= 11 is 5.94. The van der Waals surface area contributed by atoms with Crippen molar-refractivity contribution in [3.63, 3.8) is 0 Å². The van der Waals surface area contributed by atoms with Crippen LogP contribution in [0.4, 0.5) is 0 Å². The maximum Gasteiger partial charge on any atom is 0.289 e. The molecule has 130 valence electrons. The van der Waals surface area contributed by atoms with Crippen LogP contribution in [0.15, 0.2) is 22.6 Å². The number of amides is 1. The number of nitrogens with zero attached hydrogens (tertiary/aromatic N) is 1. The molecule has 1 heterocycles. The van der Waals surface area contributed by atoms with Crippen molar-refractivity contribution in [3.05, 3.63) is 46.1 Å². The summed E-state index contributed by atoms with van der Waals surface area (Å²) < 4.78 is 10.9. The number of hydrogen-bond donors (Lipinski definition) is 2. The van der Waals surface area contributed by atoms with E-state index in [2.05, 4.69) is 10.3 Å². The zero-order valence-electron chi connectivity index (χ0n) is 13.9. The summed E-state index contributed by atoms with van der Waals surface area (Å²) in [5.41, 5.74) is 1.43. The Labute approximate surface area is 145 Å². The van der Waals surface area contributed by atoms with Crippen LogP contribution in [-0.2, 0) is 6.42 Å². The molecule has 2 rings (SSSR count). The van der Waals surface area contributed by atoms with Crippen molar-refractivity contribution >= 4 is 17.5 Å². The maximum atomic E-state index is 12.0. The molecule has 0 saturated heterocycles. The van der Waals surface area contributed by atoms with Crippen LogP contribution in [0.5, 0.6) is 5.75 Å². The lowest BCUT2D eigenvalue weighted by Gasteiger charge is -2.13. The Hall–Kier alpha value is -2.05. The van der Waals surface area contributed by atoms with E-state index in [0.29, 0.717) is 28.8 Å². The lowest BCUT2D eigenvalue weighted by atomic mass is 10.2. The zero-order chi connectivity index (χ0) is 17.7. The van der Waals surface area contributed by atoms with Crippen molar-refractivity contribution in [2.75, 3.05) is 13.2 Å². The predicted molar refractivity (Wildman–Crippen MR) is 90.6 cm³/mol. The summed E-state index contributed by atoms with van der Waals surface area (Å²) in [6, 6.07) is 5.25. The number of ether oxygens (including phenoxy) is 1. The quantitative estimate of drug-likeness (QED) is 0.800. The summed E-state index contributed by atoms with van der Waals surface area (Å²) in [4.78, 5) is 16.2. The summed E-state index contributed by atoms with van der Waals surface area (Å²) in [5.74, 6) is 0.898. The second kappa shape index (κ2) is 8.17. The molecule has 0 radical (unpaired) electrons. The molecule has 0 aliphatic carbocycles. The Bertz CT molecular complexity index is 715. The highest BCUT2D eigenvalue weighted by atomic mass is 35.5. The van der Waals surface area contributed by atoms with Crippen LogP contribution < -0.4 is 10.1 Å². The van der Waals surface area contributed by atoms with Gasteiger partial charge in [0.2, 0.25) is 5.76 Å². The first-order valence-electron chi connectivity index (χ1n) is 7.72. The molecule has 2 N–H and O–H groups in total. The van der Waals surface area contributed by atoms with Crippen LogP contribution in [0.3, 0.4) is 0 Å². The van der Waals surface area contributed by atoms with E-state index in [1.54, 1.807) is 25.1 Å². The smallest absolute Gasteiger partial charge is 0.289 e. The number of carbonyl (C=O) groups excluding carboxylic acids is 1. The van der Waals surface area contributed by atoms with Crippen LogP contribution in [0, 0.1) is 13.8 Å². The lowest BCUT2D eigenvalue weighted by Crippen LogP contribution is -2.35. The van der Waals surface area contributed by atoms with Gasteiger partial charge in [-0.1, -0.05) is 18.5 Å². The fourth-order valence-corrected chi connectivity index (χ4v) is 2.18. The Morgan fingerprint density at radius 3 is 2.83 bits per heavy atom. The number of carbonyl (C=O) groups is 1. The minimum Gasteiger partial charge on any atom is -0.491 e. The van der Waals surface area contributed by atoms with Gasteiger partial charge in [-0.15, -0.1) is 0 Å². The van der Waals surface area contributed by atoms with E-state index in [9.17, 15) is 9.90 Å². The Morgan fingerprint density at radius 1 is 1.46 bits per heavy atom. The molecule has 1 aromatic carbocycles. The number of oxazole rings is 1. The number of rotatable bonds is 7. The van der Waals surface area contributed by atoms with Crippen molar-refractivity contribution in [1.82, 2.24) is 10.3 Å². The van der Waals surface area contributed by atoms with Crippen molar-refractivity contribution < 1.29 is 19.1 Å². The molecule has 0 aliphatic heterocycles. The Morgan fingerprint density at radius 2 is 2.21 bits per heavy atom. The molecule has 0 fully saturated rings. The van der Waals surface area contributed by atoms with Crippen molar-refractivity contribution in [2.45, 2.75) is 33.3 Å². The molecule has 1 aromatic heterocycles. The van der Waals surface area contributed by atoms with Crippen LogP contribution in [0.2, 0.25) is 5.02 Å². The minimum atomic E-state index is -0.848. The van der Waals surface area contributed by atoms with E-state index in [0.717, 1.165) is 5.56 Å². The van der Waals surface area contributed by atoms with E-state index in [-0.39, 0.29) is 18.9 Å². The van der Waals surface area contributed by atoms with Crippen LogP contribution >= 0.6 is 11.6 Å². The third kappa shape index (κ3) is 4.72. The second-order valence-electron chi connectivity index (χ2n) is 5.46. The van der Waals surface area contributed by atoms with Crippen LogP contribution in [0.1, 0.15) is 34.6 Å². The number of nitrogens with one attached hydrogen (secondary N) is 1. The van der Waals surface area contributed by atoms with Gasteiger partial charge in [-0.2, -0.15) is 0 Å². The number of aryl methyl sites for hydroxylation is 3. The maximum absolute atomic E-state index is 12.0. The largest absolute Gasteiger partial charge is 0.491 e. The molecular weight excluding hydrogens is 332 g/mol. The third-order valence-corrected chi connectivity index (χ3v) is 3.84. The average Bonchev–Trinajstić information content (AvgIpc) is 2.94. The molecule has 0 spiro atoms. The van der Waals surface area contributed by atoms with Gasteiger partial charge in [0.25, 0.3) is 5.91 Å². The zero-order valence-corrected chi connectivity index (χ0v) is 14.7. The highest BCUT2D eigenvalue weighted by molar-refractivity contribution is 6.31. The molecule has 0 saturated carbocycles. The first-order valence-corrected chi connectivity index (χ1v) is 8.10. The summed E-state index contributed by atoms with van der Waals surface area (Å²) in [6.07, 6.45) is -0.232. The molecule has 1 amide bonds. The van der Waals surface area contributed by atoms with Gasteiger partial charge in [0.1, 0.15) is 18.5 Å². The molecule has 0 unspecified atom stereocenters. The molecule has 2 aromatic rings. The van der Waals surface area contributed by atoms with Crippen molar-refractivity contribution in [3.8, 4) is 5.75 Å². The van der Waals surface area contributed by atoms with Gasteiger partial charge >= 0.3 is 0 Å². The van der Waals surface area contributed by atoms with E-state index in [1.807, 2.05) is 13.8 Å². The number of benzene rings is 1. The van der Waals surface area contributed by atoms with E-state index in [1.165, 1.54) is 0 Å². The first-order chi connectivity index (χ1) is 11.4. The number of aromatic nitrogens is 1. The van der Waals surface area contributed by atoms with Crippen LogP contribution in [-0.4, -0.2) is 35.3 Å². The monoisotopic (exact) mass is 352 g/mol. The van der Waals surface area contributed by atoms with Crippen molar-refractivity contribution in [1.29, 1.82) is 0 Å². The average molecular weight is 353 g/mol. The number of halogens is 1. The van der Waals surface area contributed by atoms with Crippen molar-refractivity contribution in [2.24, 2.45) is 0 Å². The Balaban J connectivity index is 1.81. The van der Waals surface area contributed by atoms with Gasteiger partial charge < -0.3 is 19.6 Å². The molecular formula is C17H21ClN2O4. The van der Waals surface area contributed by atoms with Gasteiger partial charge in [-0.3, -0.25) is 4.79 Å². The van der Waals surface area contributed by atoms with Crippen LogP contribution in [0.25, 0.3) is 0 Å². The second-order valence-corrected chi connectivity index (χ2v) is 5.87. The summed E-state index contributed by atoms with van der Waals surface area (Å²) in [5, 5.41) is 13.2. The third-order valence-electron chi connectivity index (χ3n) is 3.42. The molecule has 7 heteroatoms. The number of aliphatic hydroxyl groups excluding tert-OH is 1. The molecule has 1 atom stereocenters. The first kappa shape index (κ1) is 18.3. The standard InChI is InChI=1S/C17H21ClN2O4/c1-4-15-20-11(3)16(24-15)17(22)19-8-12(21)9-23-13-5-6-14(18)10(2)7-13/h5-7,12,21H,4,8-9H2,1-3H3,(H,19,22)/t12-/m0/s1. The summed E-state index contributed by atoms with van der Waals surface area (Å²) in [6.45, 7) is 5.58. The predicted octanol–water partition coefficient (Wildman–Crippen LogP) is 2.68. The van der Waals surface area contributed by atoms with E-state index < -0.39 is 12.0 Å². The fourth-order valence-electron chi connectivity index (χ4n) is 2.06. The van der Waals surface area contributed by atoms with Gasteiger partial charge in [0, 0.05) is 18.0 Å². The van der Waals surface area contributed by atoms with E-state index in [4.69, 9.17) is 20.8 Å². The lowest BCUT2D eigenvalue weighted by molar-refractivity contribution is 0.0820. The van der Waals surface area contributed by atoms with Gasteiger partial charge in [0.15, 0.2) is 5.89 Å². The SMILES string of the molecule is CCc1nc(C)c(C(=O)NC[C@H](O)COc2ccc(Cl)c(C)c2)o1. The highest BCUT2D eigenvalue weighted by Gasteiger charge is 2.17. The topological polar surface area (TPSA) is 84.6 Å². The number of aliphatic hydroxyl groups is 1.